The van der Waals surface area contributed by atoms with E-state index in [9.17, 15) is 9.59 Å². The van der Waals surface area contributed by atoms with Crippen LogP contribution < -0.4 is 10.7 Å². The summed E-state index contributed by atoms with van der Waals surface area (Å²) in [6, 6.07) is 18.6. The van der Waals surface area contributed by atoms with Crippen LogP contribution in [-0.4, -0.2) is 21.9 Å². The summed E-state index contributed by atoms with van der Waals surface area (Å²) in [6.45, 7) is 2.08. The summed E-state index contributed by atoms with van der Waals surface area (Å²) in [4.78, 5) is 25.7. The number of amides is 2. The molecule has 0 aromatic heterocycles. The number of rotatable bonds is 3. The summed E-state index contributed by atoms with van der Waals surface area (Å²) in [5.41, 5.74) is 5.68. The van der Waals surface area contributed by atoms with Crippen LogP contribution in [0.1, 0.15) is 33.2 Å². The van der Waals surface area contributed by atoms with Crippen molar-refractivity contribution in [2.75, 3.05) is 5.32 Å². The number of benzene rings is 3. The molecule has 27 heavy (non-hydrogen) atoms. The van der Waals surface area contributed by atoms with Gasteiger partial charge in [0.15, 0.2) is 5.11 Å². The fraction of sp³-hybridized carbons (Fsp3) is 0.0952. The van der Waals surface area contributed by atoms with Crippen molar-refractivity contribution in [3.05, 3.63) is 77.4 Å². The van der Waals surface area contributed by atoms with Crippen molar-refractivity contribution in [3.8, 4) is 0 Å². The fourth-order valence-electron chi connectivity index (χ4n) is 3.22. The molecule has 0 saturated heterocycles. The van der Waals surface area contributed by atoms with E-state index >= 15 is 0 Å². The van der Waals surface area contributed by atoms with Gasteiger partial charge in [-0.15, -0.1) is 0 Å². The largest absolute Gasteiger partial charge is 0.331 e. The van der Waals surface area contributed by atoms with E-state index in [4.69, 9.17) is 12.2 Å². The average Bonchev–Trinajstić information content (AvgIpc) is 2.70. The zero-order valence-corrected chi connectivity index (χ0v) is 15.5. The standard InChI is InChI=1S/C21H17N3O2S/c1-2-13-9-11-15(12-10-13)22-21(27)23-24-19(25)16-7-3-5-14-6-4-8-17(18(14)16)20(24)26/h3-12H,2H2,1H3,(H2,22,23,27). The van der Waals surface area contributed by atoms with E-state index in [1.165, 1.54) is 5.56 Å². The molecule has 134 valence electrons. The minimum atomic E-state index is -0.421. The summed E-state index contributed by atoms with van der Waals surface area (Å²) in [6.07, 6.45) is 0.949. The lowest BCUT2D eigenvalue weighted by atomic mass is 9.95. The first-order valence-electron chi connectivity index (χ1n) is 8.65. The molecule has 1 aliphatic rings. The molecule has 6 heteroatoms. The van der Waals surface area contributed by atoms with Crippen LogP contribution in [0.25, 0.3) is 10.8 Å². The highest BCUT2D eigenvalue weighted by atomic mass is 32.1. The third-order valence-corrected chi connectivity index (χ3v) is 4.80. The summed E-state index contributed by atoms with van der Waals surface area (Å²) in [7, 11) is 0. The van der Waals surface area contributed by atoms with Crippen LogP contribution >= 0.6 is 12.2 Å². The molecule has 5 nitrogen and oxygen atoms in total. The number of carbonyl (C=O) groups is 2. The Morgan fingerprint density at radius 3 is 2.07 bits per heavy atom. The zero-order valence-electron chi connectivity index (χ0n) is 14.7. The highest BCUT2D eigenvalue weighted by molar-refractivity contribution is 7.80. The Balaban J connectivity index is 1.58. The van der Waals surface area contributed by atoms with Gasteiger partial charge >= 0.3 is 0 Å². The number of nitrogens with one attached hydrogen (secondary N) is 2. The van der Waals surface area contributed by atoms with Gasteiger partial charge in [0.2, 0.25) is 0 Å². The van der Waals surface area contributed by atoms with E-state index < -0.39 is 11.8 Å². The Labute approximate surface area is 162 Å². The van der Waals surface area contributed by atoms with Gasteiger partial charge in [0.25, 0.3) is 11.8 Å². The molecular formula is C21H17N3O2S. The van der Waals surface area contributed by atoms with Crippen LogP contribution in [0.2, 0.25) is 0 Å². The van der Waals surface area contributed by atoms with Crippen molar-refractivity contribution < 1.29 is 9.59 Å². The van der Waals surface area contributed by atoms with Gasteiger partial charge < -0.3 is 5.32 Å². The first-order valence-corrected chi connectivity index (χ1v) is 9.06. The maximum atomic E-state index is 12.8. The van der Waals surface area contributed by atoms with Crippen LogP contribution in [-0.2, 0) is 6.42 Å². The van der Waals surface area contributed by atoms with Crippen LogP contribution in [0.3, 0.4) is 0 Å². The van der Waals surface area contributed by atoms with Crippen molar-refractivity contribution in [1.82, 2.24) is 10.4 Å². The minimum absolute atomic E-state index is 0.174. The van der Waals surface area contributed by atoms with Crippen molar-refractivity contribution in [3.63, 3.8) is 0 Å². The fourth-order valence-corrected chi connectivity index (χ4v) is 3.43. The highest BCUT2D eigenvalue weighted by Gasteiger charge is 2.33. The van der Waals surface area contributed by atoms with Gasteiger partial charge in [-0.25, -0.2) is 0 Å². The molecule has 1 heterocycles. The molecule has 3 aromatic carbocycles. The molecule has 0 fully saturated rings. The second-order valence-corrected chi connectivity index (χ2v) is 6.68. The number of thiocarbonyl (C=S) groups is 1. The van der Waals surface area contributed by atoms with E-state index in [1.807, 2.05) is 36.4 Å². The number of aryl methyl sites for hydroxylation is 1. The number of nitrogens with zero attached hydrogens (tertiary/aromatic N) is 1. The molecule has 1 aliphatic heterocycles. The van der Waals surface area contributed by atoms with Crippen LogP contribution in [0.4, 0.5) is 5.69 Å². The third-order valence-electron chi connectivity index (χ3n) is 4.61. The van der Waals surface area contributed by atoms with Gasteiger partial charge in [-0.1, -0.05) is 43.3 Å². The van der Waals surface area contributed by atoms with Gasteiger partial charge in [-0.2, -0.15) is 5.01 Å². The molecule has 0 bridgehead atoms. The lowest BCUT2D eigenvalue weighted by Gasteiger charge is -2.28. The molecule has 0 saturated carbocycles. The quantitative estimate of drug-likeness (QED) is 0.537. The zero-order chi connectivity index (χ0) is 19.0. The second kappa shape index (κ2) is 6.81. The van der Waals surface area contributed by atoms with Crippen molar-refractivity contribution >= 4 is 45.6 Å². The molecule has 2 N–H and O–H groups in total. The van der Waals surface area contributed by atoms with Gasteiger partial charge in [0.1, 0.15) is 0 Å². The smallest absolute Gasteiger partial charge is 0.280 e. The minimum Gasteiger partial charge on any atom is -0.331 e. The molecule has 0 radical (unpaired) electrons. The van der Waals surface area contributed by atoms with Gasteiger partial charge in [0, 0.05) is 11.1 Å². The molecule has 0 atom stereocenters. The summed E-state index contributed by atoms with van der Waals surface area (Å²) >= 11 is 5.30. The van der Waals surface area contributed by atoms with E-state index in [-0.39, 0.29) is 5.11 Å². The Morgan fingerprint density at radius 1 is 0.926 bits per heavy atom. The van der Waals surface area contributed by atoms with Crippen LogP contribution in [0.15, 0.2) is 60.7 Å². The predicted octanol–water partition coefficient (Wildman–Crippen LogP) is 3.90. The summed E-state index contributed by atoms with van der Waals surface area (Å²) in [5.74, 6) is -0.843. The third kappa shape index (κ3) is 3.04. The van der Waals surface area contributed by atoms with E-state index in [1.54, 1.807) is 24.3 Å². The molecule has 0 unspecified atom stereocenters. The number of hydrazine groups is 1. The van der Waals surface area contributed by atoms with Crippen molar-refractivity contribution in [2.45, 2.75) is 13.3 Å². The monoisotopic (exact) mass is 375 g/mol. The molecule has 0 aliphatic carbocycles. The van der Waals surface area contributed by atoms with Crippen LogP contribution in [0.5, 0.6) is 0 Å². The van der Waals surface area contributed by atoms with Gasteiger partial charge in [-0.05, 0) is 53.9 Å². The van der Waals surface area contributed by atoms with E-state index in [0.29, 0.717) is 16.5 Å². The maximum absolute atomic E-state index is 12.8. The van der Waals surface area contributed by atoms with Crippen molar-refractivity contribution in [1.29, 1.82) is 0 Å². The average molecular weight is 375 g/mol. The normalized spacial score (nSPS) is 13.0. The lowest BCUT2D eigenvalue weighted by molar-refractivity contribution is 0.0568. The number of carbonyl (C=O) groups excluding carboxylic acids is 2. The molecule has 0 spiro atoms. The Bertz CT molecular complexity index is 1030. The first kappa shape index (κ1) is 17.2. The first-order chi connectivity index (χ1) is 13.1. The molecule has 2 amide bonds. The van der Waals surface area contributed by atoms with Gasteiger partial charge in [0.05, 0.1) is 11.1 Å². The lowest BCUT2D eigenvalue weighted by Crippen LogP contribution is -2.52. The Hall–Kier alpha value is -3.25. The van der Waals surface area contributed by atoms with Crippen LogP contribution in [0, 0.1) is 0 Å². The highest BCUT2D eigenvalue weighted by Crippen LogP contribution is 2.29. The van der Waals surface area contributed by atoms with E-state index in [0.717, 1.165) is 22.5 Å². The topological polar surface area (TPSA) is 61.4 Å². The number of hydrogen-bond acceptors (Lipinski definition) is 3. The Morgan fingerprint density at radius 2 is 1.52 bits per heavy atom. The molecular weight excluding hydrogens is 358 g/mol. The molecule has 3 aromatic rings. The summed E-state index contributed by atoms with van der Waals surface area (Å²) in [5, 5.41) is 5.69. The number of hydrogen-bond donors (Lipinski definition) is 2. The predicted molar refractivity (Wildman–Crippen MR) is 110 cm³/mol. The van der Waals surface area contributed by atoms with E-state index in [2.05, 4.69) is 17.7 Å². The number of imide groups is 1. The SMILES string of the molecule is CCc1ccc(NC(=S)NN2C(=O)c3cccc4cccc(c34)C2=O)cc1. The van der Waals surface area contributed by atoms with Crippen molar-refractivity contribution in [2.24, 2.45) is 0 Å². The molecule has 4 rings (SSSR count). The number of anilines is 1. The van der Waals surface area contributed by atoms with Gasteiger partial charge in [-0.3, -0.25) is 15.0 Å². The Kier molecular flexibility index (Phi) is 4.33. The summed E-state index contributed by atoms with van der Waals surface area (Å²) < 4.78 is 0. The maximum Gasteiger partial charge on any atom is 0.280 e. The second-order valence-electron chi connectivity index (χ2n) is 6.27.